The van der Waals surface area contributed by atoms with Crippen LogP contribution in [0.2, 0.25) is 0 Å². The lowest BCUT2D eigenvalue weighted by atomic mass is 10.1. The number of benzene rings is 1. The second-order valence-corrected chi connectivity index (χ2v) is 4.51. The van der Waals surface area contributed by atoms with Crippen LogP contribution in [0.1, 0.15) is 19.5 Å². The normalized spacial score (nSPS) is 10.8. The minimum Gasteiger partial charge on any atom is -0.258 e. The zero-order valence-electron chi connectivity index (χ0n) is 10.3. The first-order chi connectivity index (χ1) is 8.58. The maximum Gasteiger partial charge on any atom is 0.269 e. The van der Waals surface area contributed by atoms with Crippen LogP contribution < -0.4 is 0 Å². The number of nitrogens with zero attached hydrogens (tertiary/aromatic N) is 4. The van der Waals surface area contributed by atoms with Crippen LogP contribution in [0.15, 0.2) is 30.5 Å². The van der Waals surface area contributed by atoms with Crippen LogP contribution in [0.25, 0.3) is 5.69 Å². The molecule has 94 valence electrons. The van der Waals surface area contributed by atoms with E-state index in [2.05, 4.69) is 24.2 Å². The van der Waals surface area contributed by atoms with Gasteiger partial charge in [-0.1, -0.05) is 19.1 Å². The predicted octanol–water partition coefficient (Wildman–Crippen LogP) is 2.37. The Balaban J connectivity index is 2.31. The number of nitro groups is 1. The van der Waals surface area contributed by atoms with Crippen molar-refractivity contribution in [1.82, 2.24) is 15.0 Å². The van der Waals surface area contributed by atoms with E-state index in [9.17, 15) is 10.1 Å². The molecule has 0 aliphatic carbocycles. The van der Waals surface area contributed by atoms with E-state index in [1.165, 1.54) is 12.1 Å². The van der Waals surface area contributed by atoms with Crippen LogP contribution in [0, 0.1) is 16.0 Å². The summed E-state index contributed by atoms with van der Waals surface area (Å²) in [7, 11) is 0. The molecule has 6 heteroatoms. The predicted molar refractivity (Wildman–Crippen MR) is 66.6 cm³/mol. The topological polar surface area (TPSA) is 73.8 Å². The molecule has 6 nitrogen and oxygen atoms in total. The summed E-state index contributed by atoms with van der Waals surface area (Å²) in [4.78, 5) is 10.2. The molecule has 0 saturated heterocycles. The zero-order valence-corrected chi connectivity index (χ0v) is 10.3. The van der Waals surface area contributed by atoms with E-state index in [0.717, 1.165) is 17.8 Å². The van der Waals surface area contributed by atoms with Gasteiger partial charge in [-0.25, -0.2) is 4.68 Å². The fourth-order valence-corrected chi connectivity index (χ4v) is 1.75. The number of non-ortho nitro benzene ring substituents is 1. The van der Waals surface area contributed by atoms with E-state index in [-0.39, 0.29) is 5.69 Å². The van der Waals surface area contributed by atoms with Gasteiger partial charge in [-0.2, -0.15) is 0 Å². The van der Waals surface area contributed by atoms with E-state index < -0.39 is 4.92 Å². The Hall–Kier alpha value is -2.24. The van der Waals surface area contributed by atoms with Crippen molar-refractivity contribution in [2.75, 3.05) is 0 Å². The lowest BCUT2D eigenvalue weighted by Crippen LogP contribution is -2.05. The minimum atomic E-state index is -0.417. The monoisotopic (exact) mass is 246 g/mol. The van der Waals surface area contributed by atoms with Gasteiger partial charge in [-0.3, -0.25) is 10.1 Å². The highest BCUT2D eigenvalue weighted by Crippen LogP contribution is 2.17. The molecule has 0 amide bonds. The fraction of sp³-hybridized carbons (Fsp3) is 0.333. The van der Waals surface area contributed by atoms with Crippen molar-refractivity contribution in [3.63, 3.8) is 0 Å². The Kier molecular flexibility index (Phi) is 3.36. The second kappa shape index (κ2) is 4.95. The van der Waals surface area contributed by atoms with Gasteiger partial charge in [0.1, 0.15) is 0 Å². The Bertz CT molecular complexity index is 545. The van der Waals surface area contributed by atoms with Crippen LogP contribution in [0.4, 0.5) is 5.69 Å². The summed E-state index contributed by atoms with van der Waals surface area (Å²) >= 11 is 0. The zero-order chi connectivity index (χ0) is 13.1. The maximum absolute atomic E-state index is 10.6. The van der Waals surface area contributed by atoms with Crippen molar-refractivity contribution in [3.8, 4) is 5.69 Å². The third kappa shape index (κ3) is 2.53. The minimum absolute atomic E-state index is 0.0734. The third-order valence-corrected chi connectivity index (χ3v) is 2.54. The molecule has 0 aliphatic heterocycles. The lowest BCUT2D eigenvalue weighted by molar-refractivity contribution is -0.384. The van der Waals surface area contributed by atoms with Crippen LogP contribution in [-0.4, -0.2) is 19.9 Å². The van der Waals surface area contributed by atoms with E-state index in [1.807, 2.05) is 0 Å². The van der Waals surface area contributed by atoms with Crippen molar-refractivity contribution < 1.29 is 4.92 Å². The lowest BCUT2D eigenvalue weighted by Gasteiger charge is -2.07. The molecule has 0 fully saturated rings. The molecule has 2 aromatic rings. The van der Waals surface area contributed by atoms with E-state index in [4.69, 9.17) is 0 Å². The number of nitro benzene ring substituents is 1. The van der Waals surface area contributed by atoms with Crippen LogP contribution >= 0.6 is 0 Å². The molecule has 1 heterocycles. The summed E-state index contributed by atoms with van der Waals surface area (Å²) < 4.78 is 1.71. The fourth-order valence-electron chi connectivity index (χ4n) is 1.75. The largest absolute Gasteiger partial charge is 0.269 e. The molecular weight excluding hydrogens is 232 g/mol. The average Bonchev–Trinajstić information content (AvgIpc) is 2.76. The van der Waals surface area contributed by atoms with Gasteiger partial charge < -0.3 is 0 Å². The smallest absolute Gasteiger partial charge is 0.258 e. The molecule has 0 N–H and O–H groups in total. The number of aromatic nitrogens is 3. The molecule has 0 radical (unpaired) electrons. The van der Waals surface area contributed by atoms with Gasteiger partial charge >= 0.3 is 0 Å². The molecule has 1 aromatic heterocycles. The summed E-state index contributed by atoms with van der Waals surface area (Å²) in [6, 6.07) is 6.29. The standard InChI is InChI=1S/C12H14N4O2/c1-9(2)7-12-8-13-14-15(12)10-3-5-11(6-4-10)16(17)18/h3-6,8-9H,7H2,1-2H3. The highest BCUT2D eigenvalue weighted by Gasteiger charge is 2.10. The van der Waals surface area contributed by atoms with Gasteiger partial charge in [0.05, 0.1) is 22.5 Å². The molecular formula is C12H14N4O2. The highest BCUT2D eigenvalue weighted by atomic mass is 16.6. The summed E-state index contributed by atoms with van der Waals surface area (Å²) in [5, 5.41) is 18.5. The van der Waals surface area contributed by atoms with E-state index in [0.29, 0.717) is 5.92 Å². The Morgan fingerprint density at radius 2 is 2.00 bits per heavy atom. The van der Waals surface area contributed by atoms with Gasteiger partial charge in [0.25, 0.3) is 5.69 Å². The first-order valence-corrected chi connectivity index (χ1v) is 5.72. The van der Waals surface area contributed by atoms with Crippen LogP contribution in [0.5, 0.6) is 0 Å². The number of hydrogen-bond acceptors (Lipinski definition) is 4. The average molecular weight is 246 g/mol. The van der Waals surface area contributed by atoms with Crippen molar-refractivity contribution in [1.29, 1.82) is 0 Å². The molecule has 18 heavy (non-hydrogen) atoms. The molecule has 0 spiro atoms. The highest BCUT2D eigenvalue weighted by molar-refractivity contribution is 5.40. The first kappa shape index (κ1) is 12.2. The Morgan fingerprint density at radius 3 is 2.56 bits per heavy atom. The molecule has 0 saturated carbocycles. The van der Waals surface area contributed by atoms with Gasteiger partial charge in [0, 0.05) is 12.1 Å². The van der Waals surface area contributed by atoms with Gasteiger partial charge in [0.2, 0.25) is 0 Å². The second-order valence-electron chi connectivity index (χ2n) is 4.51. The van der Waals surface area contributed by atoms with Crippen molar-refractivity contribution >= 4 is 5.69 Å². The quantitative estimate of drug-likeness (QED) is 0.613. The Labute approximate surface area is 104 Å². The SMILES string of the molecule is CC(C)Cc1cnnn1-c1ccc([N+](=O)[O-])cc1. The van der Waals surface area contributed by atoms with Gasteiger partial charge in [-0.05, 0) is 24.5 Å². The summed E-state index contributed by atoms with van der Waals surface area (Å²) in [6.07, 6.45) is 2.59. The van der Waals surface area contributed by atoms with Gasteiger partial charge in [-0.15, -0.1) is 5.10 Å². The molecule has 1 aromatic carbocycles. The molecule has 0 bridgehead atoms. The number of rotatable bonds is 4. The molecule has 2 rings (SSSR count). The van der Waals surface area contributed by atoms with Crippen LogP contribution in [-0.2, 0) is 6.42 Å². The Morgan fingerprint density at radius 1 is 1.33 bits per heavy atom. The third-order valence-electron chi connectivity index (χ3n) is 2.54. The van der Waals surface area contributed by atoms with Crippen molar-refractivity contribution in [2.24, 2.45) is 5.92 Å². The summed E-state index contributed by atoms with van der Waals surface area (Å²) in [6.45, 7) is 4.24. The molecule has 0 unspecified atom stereocenters. The molecule has 0 aliphatic rings. The van der Waals surface area contributed by atoms with Crippen molar-refractivity contribution in [2.45, 2.75) is 20.3 Å². The molecule has 0 atom stereocenters. The number of hydrogen-bond donors (Lipinski definition) is 0. The van der Waals surface area contributed by atoms with E-state index >= 15 is 0 Å². The first-order valence-electron chi connectivity index (χ1n) is 5.72. The summed E-state index contributed by atoms with van der Waals surface area (Å²) in [5.41, 5.74) is 1.86. The van der Waals surface area contributed by atoms with Crippen LogP contribution in [0.3, 0.4) is 0 Å². The summed E-state index contributed by atoms with van der Waals surface area (Å²) in [5.74, 6) is 0.500. The van der Waals surface area contributed by atoms with Crippen molar-refractivity contribution in [3.05, 3.63) is 46.3 Å². The maximum atomic E-state index is 10.6. The van der Waals surface area contributed by atoms with E-state index in [1.54, 1.807) is 23.0 Å². The van der Waals surface area contributed by atoms with Gasteiger partial charge in [0.15, 0.2) is 0 Å².